The van der Waals surface area contributed by atoms with Gasteiger partial charge in [-0.05, 0) is 31.9 Å². The molecule has 0 saturated carbocycles. The number of carbonyl (C=O) groups is 1. The van der Waals surface area contributed by atoms with E-state index in [0.717, 1.165) is 0 Å². The number of carbonyl (C=O) groups excluding carboxylic acids is 1. The number of rotatable bonds is 3. The minimum absolute atomic E-state index is 0.127. The summed E-state index contributed by atoms with van der Waals surface area (Å²) >= 11 is 5.99. The lowest BCUT2D eigenvalue weighted by Gasteiger charge is -2.09. The van der Waals surface area contributed by atoms with E-state index < -0.39 is 12.4 Å². The lowest BCUT2D eigenvalue weighted by Crippen LogP contribution is -2.08. The van der Waals surface area contributed by atoms with Crippen molar-refractivity contribution in [1.29, 1.82) is 0 Å². The second kappa shape index (κ2) is 5.67. The Kier molecular flexibility index (Phi) is 4.79. The molecule has 0 aromatic carbocycles. The summed E-state index contributed by atoms with van der Waals surface area (Å²) in [6.45, 7) is 0. The predicted molar refractivity (Wildman–Crippen MR) is 60.3 cm³/mol. The van der Waals surface area contributed by atoms with Crippen molar-refractivity contribution in [3.8, 4) is 0 Å². The average molecular weight is 359 g/mol. The fraction of sp³-hybridized carbons (Fsp3) is 0.333. The summed E-state index contributed by atoms with van der Waals surface area (Å²) in [4.78, 5) is 14.9. The molecule has 0 saturated heterocycles. The Balaban J connectivity index is 3.13. The normalized spacial score (nSPS) is 10.6. The number of halogens is 4. The first-order valence-corrected chi connectivity index (χ1v) is 5.73. The molecule has 1 aromatic rings. The second-order valence-corrected chi connectivity index (χ2v) is 4.48. The van der Waals surface area contributed by atoms with Gasteiger partial charge in [0.25, 0.3) is 6.43 Å². The van der Waals surface area contributed by atoms with Crippen LogP contribution >= 0.6 is 31.9 Å². The van der Waals surface area contributed by atoms with Gasteiger partial charge in [-0.2, -0.15) is 0 Å². The van der Waals surface area contributed by atoms with Crippen LogP contribution in [-0.2, 0) is 16.0 Å². The third kappa shape index (κ3) is 2.98. The molecular formula is C9H7Br2F2NO2. The molecule has 0 N–H and O–H groups in total. The van der Waals surface area contributed by atoms with Crippen LogP contribution < -0.4 is 0 Å². The van der Waals surface area contributed by atoms with Crippen LogP contribution in [0.5, 0.6) is 0 Å². The first-order valence-electron chi connectivity index (χ1n) is 4.15. The first kappa shape index (κ1) is 13.5. The number of aromatic nitrogens is 1. The molecular weight excluding hydrogens is 352 g/mol. The highest BCUT2D eigenvalue weighted by Crippen LogP contribution is 2.35. The van der Waals surface area contributed by atoms with Gasteiger partial charge in [-0.3, -0.25) is 9.78 Å². The zero-order chi connectivity index (χ0) is 12.3. The molecule has 1 heterocycles. The van der Waals surface area contributed by atoms with Crippen molar-refractivity contribution >= 4 is 37.8 Å². The minimum atomic E-state index is -2.65. The molecule has 0 atom stereocenters. The van der Waals surface area contributed by atoms with E-state index >= 15 is 0 Å². The fourth-order valence-electron chi connectivity index (χ4n) is 1.05. The van der Waals surface area contributed by atoms with Crippen molar-refractivity contribution in [3.63, 3.8) is 0 Å². The molecule has 1 aromatic heterocycles. The van der Waals surface area contributed by atoms with Crippen LogP contribution in [0.4, 0.5) is 8.78 Å². The zero-order valence-corrected chi connectivity index (χ0v) is 11.3. The van der Waals surface area contributed by atoms with Gasteiger partial charge in [0.1, 0.15) is 0 Å². The first-order chi connectivity index (χ1) is 7.47. The SMILES string of the molecule is COC(=O)Cc1ncc(Br)c(C(F)F)c1Br. The number of ether oxygens (including phenoxy) is 1. The maximum atomic E-state index is 12.7. The maximum Gasteiger partial charge on any atom is 0.311 e. The van der Waals surface area contributed by atoms with E-state index in [1.54, 1.807) is 0 Å². The molecule has 3 nitrogen and oxygen atoms in total. The van der Waals surface area contributed by atoms with E-state index in [4.69, 9.17) is 0 Å². The monoisotopic (exact) mass is 357 g/mol. The van der Waals surface area contributed by atoms with Crippen molar-refractivity contribution in [2.75, 3.05) is 7.11 Å². The predicted octanol–water partition coefficient (Wildman–Crippen LogP) is 3.26. The molecule has 7 heteroatoms. The molecule has 0 aliphatic carbocycles. The van der Waals surface area contributed by atoms with Crippen LogP contribution in [0.2, 0.25) is 0 Å². The van der Waals surface area contributed by atoms with Gasteiger partial charge in [-0.25, -0.2) is 8.78 Å². The van der Waals surface area contributed by atoms with Crippen molar-refractivity contribution < 1.29 is 18.3 Å². The summed E-state index contributed by atoms with van der Waals surface area (Å²) < 4.78 is 30.1. The van der Waals surface area contributed by atoms with Gasteiger partial charge in [0.2, 0.25) is 0 Å². The van der Waals surface area contributed by atoms with E-state index in [0.29, 0.717) is 0 Å². The number of alkyl halides is 2. The van der Waals surface area contributed by atoms with Crippen LogP contribution in [0.3, 0.4) is 0 Å². The molecule has 0 spiro atoms. The average Bonchev–Trinajstić information content (AvgIpc) is 2.21. The Morgan fingerprint density at radius 1 is 1.56 bits per heavy atom. The molecule has 0 fully saturated rings. The van der Waals surface area contributed by atoms with Crippen molar-refractivity contribution in [3.05, 3.63) is 26.4 Å². The van der Waals surface area contributed by atoms with E-state index in [2.05, 4.69) is 41.6 Å². The molecule has 1 rings (SSSR count). The molecule has 16 heavy (non-hydrogen) atoms. The smallest absolute Gasteiger partial charge is 0.311 e. The highest BCUT2D eigenvalue weighted by molar-refractivity contribution is 9.11. The zero-order valence-electron chi connectivity index (χ0n) is 8.14. The van der Waals surface area contributed by atoms with Crippen LogP contribution in [0, 0.1) is 0 Å². The van der Waals surface area contributed by atoms with Gasteiger partial charge in [-0.15, -0.1) is 0 Å². The van der Waals surface area contributed by atoms with Gasteiger partial charge in [0.05, 0.1) is 19.2 Å². The summed E-state index contributed by atoms with van der Waals surface area (Å²) in [6, 6.07) is 0. The highest BCUT2D eigenvalue weighted by Gasteiger charge is 2.20. The minimum Gasteiger partial charge on any atom is -0.469 e. The maximum absolute atomic E-state index is 12.7. The standard InChI is InChI=1S/C9H7Br2F2NO2/c1-16-6(15)2-5-8(11)7(9(12)13)4(10)3-14-5/h3,9H,2H2,1H3. The quantitative estimate of drug-likeness (QED) is 0.778. The van der Waals surface area contributed by atoms with Gasteiger partial charge >= 0.3 is 5.97 Å². The van der Waals surface area contributed by atoms with Crippen LogP contribution in [0.25, 0.3) is 0 Å². The summed E-state index contributed by atoms with van der Waals surface area (Å²) in [5, 5.41) is 0. The number of pyridine rings is 1. The lowest BCUT2D eigenvalue weighted by molar-refractivity contribution is -0.139. The Morgan fingerprint density at radius 2 is 2.19 bits per heavy atom. The molecule has 0 aliphatic rings. The molecule has 0 aliphatic heterocycles. The van der Waals surface area contributed by atoms with E-state index in [1.807, 2.05) is 0 Å². The fourth-order valence-corrected chi connectivity index (χ4v) is 2.42. The Hall–Kier alpha value is -0.560. The van der Waals surface area contributed by atoms with Gasteiger partial charge < -0.3 is 4.74 Å². The van der Waals surface area contributed by atoms with E-state index in [1.165, 1.54) is 13.3 Å². The largest absolute Gasteiger partial charge is 0.469 e. The molecule has 0 unspecified atom stereocenters. The topological polar surface area (TPSA) is 39.2 Å². The van der Waals surface area contributed by atoms with Crippen molar-refractivity contribution in [2.24, 2.45) is 0 Å². The number of nitrogens with zero attached hydrogens (tertiary/aromatic N) is 1. The number of hydrogen-bond donors (Lipinski definition) is 0. The van der Waals surface area contributed by atoms with Gasteiger partial charge in [0, 0.05) is 20.7 Å². The van der Waals surface area contributed by atoms with Crippen molar-refractivity contribution in [1.82, 2.24) is 4.98 Å². The van der Waals surface area contributed by atoms with Crippen LogP contribution in [-0.4, -0.2) is 18.1 Å². The Bertz CT molecular complexity index is 413. The van der Waals surface area contributed by atoms with Gasteiger partial charge in [-0.1, -0.05) is 0 Å². The third-order valence-corrected chi connectivity index (χ3v) is 3.36. The Morgan fingerprint density at radius 3 is 2.69 bits per heavy atom. The highest BCUT2D eigenvalue weighted by atomic mass is 79.9. The van der Waals surface area contributed by atoms with Crippen molar-refractivity contribution in [2.45, 2.75) is 12.8 Å². The van der Waals surface area contributed by atoms with Crippen LogP contribution in [0.15, 0.2) is 15.1 Å². The molecule has 0 bridgehead atoms. The lowest BCUT2D eigenvalue weighted by atomic mass is 10.2. The molecule has 0 radical (unpaired) electrons. The Labute approximate surface area is 107 Å². The number of esters is 1. The number of hydrogen-bond acceptors (Lipinski definition) is 3. The van der Waals surface area contributed by atoms with E-state index in [-0.39, 0.29) is 26.6 Å². The summed E-state index contributed by atoms with van der Waals surface area (Å²) in [6.07, 6.45) is -1.56. The third-order valence-electron chi connectivity index (χ3n) is 1.84. The second-order valence-electron chi connectivity index (χ2n) is 2.83. The molecule has 88 valence electrons. The summed E-state index contributed by atoms with van der Waals surface area (Å²) in [7, 11) is 1.23. The summed E-state index contributed by atoms with van der Waals surface area (Å²) in [5.41, 5.74) is 0.0132. The molecule has 0 amide bonds. The van der Waals surface area contributed by atoms with Crippen LogP contribution in [0.1, 0.15) is 17.7 Å². The number of methoxy groups -OCH3 is 1. The van der Waals surface area contributed by atoms with E-state index in [9.17, 15) is 13.6 Å². The van der Waals surface area contributed by atoms with Gasteiger partial charge in [0.15, 0.2) is 0 Å². The summed E-state index contributed by atoms with van der Waals surface area (Å²) in [5.74, 6) is -0.532.